The number of nitrogens with zero attached hydrogens (tertiary/aromatic N) is 3. The third kappa shape index (κ3) is 3.31. The lowest BCUT2D eigenvalue weighted by Crippen LogP contribution is -2.09. The Balaban J connectivity index is 1.86. The summed E-state index contributed by atoms with van der Waals surface area (Å²) in [6.45, 7) is 0.198. The number of non-ortho nitro benzene ring substituents is 1. The first-order valence-corrected chi connectivity index (χ1v) is 7.24. The number of halogens is 1. The fourth-order valence-electron chi connectivity index (χ4n) is 2.45. The number of aromatic nitrogens is 2. The zero-order chi connectivity index (χ0) is 17.1. The molecule has 1 heterocycles. The van der Waals surface area contributed by atoms with Crippen molar-refractivity contribution >= 4 is 5.69 Å². The fourth-order valence-corrected chi connectivity index (χ4v) is 2.45. The molecule has 1 aromatic heterocycles. The molecule has 0 aliphatic heterocycles. The number of nitro groups is 1. The summed E-state index contributed by atoms with van der Waals surface area (Å²) in [5, 5.41) is 21.2. The van der Waals surface area contributed by atoms with Crippen LogP contribution in [0.3, 0.4) is 0 Å². The molecule has 24 heavy (non-hydrogen) atoms. The minimum Gasteiger partial charge on any atom is -0.387 e. The molecule has 1 N–H and O–H groups in total. The van der Waals surface area contributed by atoms with Crippen LogP contribution in [-0.2, 0) is 6.54 Å². The van der Waals surface area contributed by atoms with Gasteiger partial charge in [-0.2, -0.15) is 0 Å². The van der Waals surface area contributed by atoms with E-state index in [4.69, 9.17) is 0 Å². The number of aliphatic hydroxyl groups excluding tert-OH is 1. The second-order valence-electron chi connectivity index (χ2n) is 5.28. The lowest BCUT2D eigenvalue weighted by Gasteiger charge is -2.14. The van der Waals surface area contributed by atoms with E-state index in [9.17, 15) is 19.6 Å². The fraction of sp³-hybridized carbons (Fsp3) is 0.118. The quantitative estimate of drug-likeness (QED) is 0.576. The minimum absolute atomic E-state index is 0.0267. The summed E-state index contributed by atoms with van der Waals surface area (Å²) in [4.78, 5) is 14.7. The Kier molecular flexibility index (Phi) is 4.35. The molecule has 0 saturated carbocycles. The normalized spacial score (nSPS) is 12.1. The Bertz CT molecular complexity index is 862. The van der Waals surface area contributed by atoms with Crippen molar-refractivity contribution < 1.29 is 14.4 Å². The Labute approximate surface area is 137 Å². The summed E-state index contributed by atoms with van der Waals surface area (Å²) >= 11 is 0. The SMILES string of the molecule is O=[N+]([O-])c1cccc(-c2nccn2C[C@@H](O)c2ccc(F)cc2)c1. The van der Waals surface area contributed by atoms with Gasteiger partial charge < -0.3 is 9.67 Å². The van der Waals surface area contributed by atoms with Crippen molar-refractivity contribution in [1.29, 1.82) is 0 Å². The molecule has 3 aromatic rings. The molecule has 2 aromatic carbocycles. The van der Waals surface area contributed by atoms with Crippen LogP contribution in [0.1, 0.15) is 11.7 Å². The first-order valence-electron chi connectivity index (χ1n) is 7.24. The van der Waals surface area contributed by atoms with E-state index in [-0.39, 0.29) is 18.0 Å². The first-order chi connectivity index (χ1) is 11.5. The molecule has 0 bridgehead atoms. The van der Waals surface area contributed by atoms with Gasteiger partial charge in [0.05, 0.1) is 17.6 Å². The molecule has 0 saturated heterocycles. The number of nitro benzene ring substituents is 1. The van der Waals surface area contributed by atoms with Crippen molar-refractivity contribution in [3.8, 4) is 11.4 Å². The maximum Gasteiger partial charge on any atom is 0.270 e. The number of aliphatic hydroxyl groups is 1. The van der Waals surface area contributed by atoms with Gasteiger partial charge in [-0.3, -0.25) is 10.1 Å². The van der Waals surface area contributed by atoms with E-state index < -0.39 is 11.0 Å². The molecule has 122 valence electrons. The first kappa shape index (κ1) is 15.8. The Hall–Kier alpha value is -3.06. The van der Waals surface area contributed by atoms with Gasteiger partial charge in [-0.1, -0.05) is 24.3 Å². The molecule has 0 aliphatic rings. The zero-order valence-corrected chi connectivity index (χ0v) is 12.5. The smallest absolute Gasteiger partial charge is 0.270 e. The van der Waals surface area contributed by atoms with Crippen LogP contribution >= 0.6 is 0 Å². The van der Waals surface area contributed by atoms with Crippen molar-refractivity contribution in [3.05, 3.63) is 82.4 Å². The predicted molar refractivity (Wildman–Crippen MR) is 85.7 cm³/mol. The Morgan fingerprint density at radius 2 is 2.00 bits per heavy atom. The number of benzene rings is 2. The summed E-state index contributed by atoms with van der Waals surface area (Å²) in [6.07, 6.45) is 2.39. The molecule has 0 spiro atoms. The number of hydrogen-bond donors (Lipinski definition) is 1. The van der Waals surface area contributed by atoms with Gasteiger partial charge >= 0.3 is 0 Å². The van der Waals surface area contributed by atoms with Gasteiger partial charge in [-0.05, 0) is 17.7 Å². The van der Waals surface area contributed by atoms with Gasteiger partial charge in [-0.25, -0.2) is 9.37 Å². The topological polar surface area (TPSA) is 81.2 Å². The highest BCUT2D eigenvalue weighted by Gasteiger charge is 2.14. The summed E-state index contributed by atoms with van der Waals surface area (Å²) in [5.74, 6) is 0.144. The maximum absolute atomic E-state index is 13.0. The monoisotopic (exact) mass is 327 g/mol. The highest BCUT2D eigenvalue weighted by molar-refractivity contribution is 5.59. The molecular weight excluding hydrogens is 313 g/mol. The van der Waals surface area contributed by atoms with E-state index in [1.165, 1.54) is 36.4 Å². The molecule has 7 heteroatoms. The Morgan fingerprint density at radius 1 is 1.25 bits per heavy atom. The van der Waals surface area contributed by atoms with Gasteiger partial charge in [0.15, 0.2) is 0 Å². The molecule has 0 fully saturated rings. The van der Waals surface area contributed by atoms with E-state index in [1.54, 1.807) is 29.1 Å². The third-order valence-corrected chi connectivity index (χ3v) is 3.66. The largest absolute Gasteiger partial charge is 0.387 e. The molecule has 0 radical (unpaired) electrons. The van der Waals surface area contributed by atoms with E-state index in [1.807, 2.05) is 0 Å². The van der Waals surface area contributed by atoms with Crippen LogP contribution in [-0.4, -0.2) is 19.6 Å². The van der Waals surface area contributed by atoms with E-state index >= 15 is 0 Å². The molecule has 6 nitrogen and oxygen atoms in total. The van der Waals surface area contributed by atoms with Gasteiger partial charge in [0.1, 0.15) is 11.6 Å². The van der Waals surface area contributed by atoms with Gasteiger partial charge in [0.25, 0.3) is 5.69 Å². The highest BCUT2D eigenvalue weighted by atomic mass is 19.1. The van der Waals surface area contributed by atoms with Crippen LogP contribution in [0.4, 0.5) is 10.1 Å². The molecule has 3 rings (SSSR count). The van der Waals surface area contributed by atoms with Crippen LogP contribution in [0.25, 0.3) is 11.4 Å². The minimum atomic E-state index is -0.850. The number of rotatable bonds is 5. The molecule has 0 aliphatic carbocycles. The molecular formula is C17H14FN3O3. The molecule has 1 atom stereocenters. The average molecular weight is 327 g/mol. The lowest BCUT2D eigenvalue weighted by molar-refractivity contribution is -0.384. The zero-order valence-electron chi connectivity index (χ0n) is 12.5. The van der Waals surface area contributed by atoms with Crippen molar-refractivity contribution in [2.45, 2.75) is 12.6 Å². The van der Waals surface area contributed by atoms with Gasteiger partial charge in [-0.15, -0.1) is 0 Å². The van der Waals surface area contributed by atoms with Crippen LogP contribution in [0.5, 0.6) is 0 Å². The summed E-state index contributed by atoms with van der Waals surface area (Å²) in [6, 6.07) is 11.8. The summed E-state index contributed by atoms with van der Waals surface area (Å²) in [7, 11) is 0. The second kappa shape index (κ2) is 6.59. The molecule has 0 unspecified atom stereocenters. The third-order valence-electron chi connectivity index (χ3n) is 3.66. The average Bonchev–Trinajstić information content (AvgIpc) is 3.03. The molecule has 0 amide bonds. The van der Waals surface area contributed by atoms with Gasteiger partial charge in [0.2, 0.25) is 0 Å². The van der Waals surface area contributed by atoms with Crippen molar-refractivity contribution in [3.63, 3.8) is 0 Å². The van der Waals surface area contributed by atoms with Crippen molar-refractivity contribution in [2.24, 2.45) is 0 Å². The standard InChI is InChI=1S/C17H14FN3O3/c18-14-6-4-12(5-7-14)16(22)11-20-9-8-19-17(20)13-2-1-3-15(10-13)21(23)24/h1-10,16,22H,11H2/t16-/m1/s1. The Morgan fingerprint density at radius 3 is 2.71 bits per heavy atom. The van der Waals surface area contributed by atoms with Crippen LogP contribution in [0.15, 0.2) is 60.9 Å². The summed E-state index contributed by atoms with van der Waals surface area (Å²) in [5.41, 5.74) is 1.14. The van der Waals surface area contributed by atoms with Crippen LogP contribution in [0.2, 0.25) is 0 Å². The van der Waals surface area contributed by atoms with E-state index in [2.05, 4.69) is 4.98 Å². The van der Waals surface area contributed by atoms with Gasteiger partial charge in [0, 0.05) is 30.1 Å². The highest BCUT2D eigenvalue weighted by Crippen LogP contribution is 2.24. The number of hydrogen-bond acceptors (Lipinski definition) is 4. The van der Waals surface area contributed by atoms with Crippen LogP contribution in [0, 0.1) is 15.9 Å². The van der Waals surface area contributed by atoms with E-state index in [0.29, 0.717) is 17.0 Å². The predicted octanol–water partition coefficient (Wildman–Crippen LogP) is 3.33. The summed E-state index contributed by atoms with van der Waals surface area (Å²) < 4.78 is 14.7. The maximum atomic E-state index is 13.0. The number of imidazole rings is 1. The van der Waals surface area contributed by atoms with Crippen molar-refractivity contribution in [1.82, 2.24) is 9.55 Å². The van der Waals surface area contributed by atoms with Crippen molar-refractivity contribution in [2.75, 3.05) is 0 Å². The lowest BCUT2D eigenvalue weighted by atomic mass is 10.1. The second-order valence-corrected chi connectivity index (χ2v) is 5.28. The van der Waals surface area contributed by atoms with Crippen LogP contribution < -0.4 is 0 Å². The van der Waals surface area contributed by atoms with E-state index in [0.717, 1.165) is 0 Å².